The summed E-state index contributed by atoms with van der Waals surface area (Å²) in [5, 5.41) is 14.7. The maximum absolute atomic E-state index is 13.0. The Hall–Kier alpha value is -3.13. The van der Waals surface area contributed by atoms with Crippen LogP contribution in [0.4, 0.5) is 5.69 Å². The topological polar surface area (TPSA) is 83.9 Å². The third kappa shape index (κ3) is 6.71. The van der Waals surface area contributed by atoms with E-state index in [9.17, 15) is 9.90 Å². The molecule has 2 aromatic carbocycles. The minimum Gasteiger partial charge on any atom is -0.493 e. The Balaban J connectivity index is 1.13. The molecule has 3 atom stereocenters. The molecule has 7 nitrogen and oxygen atoms in total. The fourth-order valence-electron chi connectivity index (χ4n) is 9.26. The number of halogens is 1. The number of morpholine rings is 1. The summed E-state index contributed by atoms with van der Waals surface area (Å²) in [6.07, 6.45) is 10.2. The summed E-state index contributed by atoms with van der Waals surface area (Å²) in [6.45, 7) is 9.70. The van der Waals surface area contributed by atoms with E-state index in [1.54, 1.807) is 0 Å². The maximum atomic E-state index is 13.0. The lowest BCUT2D eigenvalue weighted by atomic mass is 9.59. The lowest BCUT2D eigenvalue weighted by molar-refractivity contribution is -0.144. The van der Waals surface area contributed by atoms with Gasteiger partial charge in [0, 0.05) is 47.8 Å². The summed E-state index contributed by atoms with van der Waals surface area (Å²) in [7, 11) is 0. The van der Waals surface area contributed by atoms with E-state index >= 15 is 0 Å². The van der Waals surface area contributed by atoms with Crippen molar-refractivity contribution < 1.29 is 19.4 Å². The molecule has 1 aliphatic heterocycles. The minimum absolute atomic E-state index is 0.0656. The van der Waals surface area contributed by atoms with Crippen LogP contribution < -0.4 is 10.1 Å². The zero-order chi connectivity index (χ0) is 33.3. The molecule has 1 aromatic heterocycles. The zero-order valence-corrected chi connectivity index (χ0v) is 29.2. The van der Waals surface area contributed by atoms with Crippen LogP contribution in [-0.2, 0) is 34.3 Å². The maximum Gasteiger partial charge on any atom is 0.329 e. The fourth-order valence-corrected chi connectivity index (χ4v) is 9.45. The van der Waals surface area contributed by atoms with Gasteiger partial charge in [0.25, 0.3) is 0 Å². The minimum atomic E-state index is -1.03. The molecular formula is C40H50ClN3O4. The monoisotopic (exact) mass is 671 g/mol. The van der Waals surface area contributed by atoms with Crippen LogP contribution in [0, 0.1) is 11.8 Å². The molecular weight excluding hydrogens is 622 g/mol. The first kappa shape index (κ1) is 33.4. The van der Waals surface area contributed by atoms with Gasteiger partial charge in [0.1, 0.15) is 11.3 Å². The number of hydrogen-bond donors (Lipinski definition) is 2. The number of aryl methyl sites for hydroxylation is 1. The van der Waals surface area contributed by atoms with Crippen molar-refractivity contribution >= 4 is 23.3 Å². The Kier molecular flexibility index (Phi) is 9.74. The average molecular weight is 672 g/mol. The summed E-state index contributed by atoms with van der Waals surface area (Å²) in [5.74, 6) is 1.47. The predicted molar refractivity (Wildman–Crippen MR) is 190 cm³/mol. The van der Waals surface area contributed by atoms with Gasteiger partial charge in [-0.2, -0.15) is 0 Å². The summed E-state index contributed by atoms with van der Waals surface area (Å²) in [5.41, 5.74) is 6.40. The van der Waals surface area contributed by atoms with E-state index in [1.165, 1.54) is 40.8 Å². The zero-order valence-electron chi connectivity index (χ0n) is 28.5. The molecule has 3 aliphatic carbocycles. The van der Waals surface area contributed by atoms with Crippen LogP contribution in [0.1, 0.15) is 92.7 Å². The quantitative estimate of drug-likeness (QED) is 0.226. The van der Waals surface area contributed by atoms with Gasteiger partial charge in [0.15, 0.2) is 0 Å². The first-order valence-electron chi connectivity index (χ1n) is 18.0. The lowest BCUT2D eigenvalue weighted by Crippen LogP contribution is -2.53. The van der Waals surface area contributed by atoms with Crippen molar-refractivity contribution in [2.45, 2.75) is 95.1 Å². The largest absolute Gasteiger partial charge is 0.493 e. The van der Waals surface area contributed by atoms with Crippen LogP contribution in [0.15, 0.2) is 54.7 Å². The van der Waals surface area contributed by atoms with Gasteiger partial charge in [-0.25, -0.2) is 4.79 Å². The highest BCUT2D eigenvalue weighted by Crippen LogP contribution is 2.56. The molecule has 256 valence electrons. The second kappa shape index (κ2) is 14.0. The Bertz CT molecular complexity index is 1610. The fraction of sp³-hybridized carbons (Fsp3) is 0.550. The summed E-state index contributed by atoms with van der Waals surface area (Å²) >= 11 is 6.29. The van der Waals surface area contributed by atoms with Crippen LogP contribution in [0.5, 0.6) is 5.75 Å². The first-order valence-corrected chi connectivity index (χ1v) is 18.4. The third-order valence-electron chi connectivity index (χ3n) is 11.9. The SMILES string of the molecule is C[C@@H](COc1ccnc2c1[C@H](C)CCC2)C[C@@H]1Cc2ccc(CN3CCOCC3)cc2C12CCC(Nc1cccc(Cl)c1)(C(=O)O)CC2. The van der Waals surface area contributed by atoms with E-state index < -0.39 is 11.5 Å². The van der Waals surface area contributed by atoms with E-state index in [2.05, 4.69) is 53.3 Å². The molecule has 1 saturated heterocycles. The van der Waals surface area contributed by atoms with Gasteiger partial charge in [-0.15, -0.1) is 0 Å². The molecule has 48 heavy (non-hydrogen) atoms. The number of benzene rings is 2. The number of carboxylic acid groups (broad SMARTS) is 1. The average Bonchev–Trinajstić information content (AvgIpc) is 3.36. The molecule has 0 unspecified atom stereocenters. The number of fused-ring (bicyclic) bond motifs is 3. The highest BCUT2D eigenvalue weighted by atomic mass is 35.5. The van der Waals surface area contributed by atoms with Crippen LogP contribution >= 0.6 is 11.6 Å². The van der Waals surface area contributed by atoms with E-state index in [-0.39, 0.29) is 5.41 Å². The van der Waals surface area contributed by atoms with Gasteiger partial charge < -0.3 is 19.9 Å². The molecule has 8 heteroatoms. The predicted octanol–water partition coefficient (Wildman–Crippen LogP) is 8.03. The van der Waals surface area contributed by atoms with E-state index in [0.717, 1.165) is 76.4 Å². The lowest BCUT2D eigenvalue weighted by Gasteiger charge is -2.47. The number of ether oxygens (including phenoxy) is 2. The molecule has 2 N–H and O–H groups in total. The van der Waals surface area contributed by atoms with Gasteiger partial charge in [0.2, 0.25) is 0 Å². The number of hydrogen-bond acceptors (Lipinski definition) is 6. The van der Waals surface area contributed by atoms with Crippen LogP contribution in [-0.4, -0.2) is 59.4 Å². The first-order chi connectivity index (χ1) is 23.2. The highest BCUT2D eigenvalue weighted by molar-refractivity contribution is 6.30. The number of nitrogens with one attached hydrogen (secondary N) is 1. The molecule has 3 aromatic rings. The Labute approximate surface area is 290 Å². The standard InChI is InChI=1S/C40H50ClN3O4/c1-27(26-48-36-11-16-42-35-8-3-5-28(2)37(35)36)21-31-23-30-10-9-29(25-44-17-19-47-20-18-44)22-34(30)39(31)12-14-40(15-13-39,38(45)46)43-33-7-4-6-32(41)24-33/h4,6-7,9-11,16,22,24,27-28,31,43H,3,5,8,12-15,17-21,23,25-26H2,1-2H3,(H,45,46)/t27-,28-,31-,39?,40?/m1/s1. The van der Waals surface area contributed by atoms with Crippen molar-refractivity contribution in [2.24, 2.45) is 11.8 Å². The third-order valence-corrected chi connectivity index (χ3v) is 12.1. The summed E-state index contributed by atoms with van der Waals surface area (Å²) in [6, 6.07) is 16.6. The second-order valence-corrected chi connectivity index (χ2v) is 15.5. The number of aliphatic carboxylic acids is 1. The number of nitrogens with zero attached hydrogens (tertiary/aromatic N) is 2. The van der Waals surface area contributed by atoms with Crippen molar-refractivity contribution in [2.75, 3.05) is 38.2 Å². The highest BCUT2D eigenvalue weighted by Gasteiger charge is 2.54. The normalized spacial score (nSPS) is 27.6. The van der Waals surface area contributed by atoms with E-state index in [0.29, 0.717) is 42.2 Å². The number of anilines is 1. The molecule has 2 fully saturated rings. The van der Waals surface area contributed by atoms with Crippen molar-refractivity contribution in [3.63, 3.8) is 0 Å². The van der Waals surface area contributed by atoms with Gasteiger partial charge in [0.05, 0.1) is 19.8 Å². The van der Waals surface area contributed by atoms with E-state index in [1.807, 2.05) is 30.5 Å². The second-order valence-electron chi connectivity index (χ2n) is 15.1. The van der Waals surface area contributed by atoms with Gasteiger partial charge >= 0.3 is 5.97 Å². The van der Waals surface area contributed by atoms with E-state index in [4.69, 9.17) is 21.1 Å². The summed E-state index contributed by atoms with van der Waals surface area (Å²) < 4.78 is 12.2. The van der Waals surface area contributed by atoms with Crippen molar-refractivity contribution in [1.82, 2.24) is 9.88 Å². The molecule has 0 amide bonds. The molecule has 2 heterocycles. The molecule has 1 spiro atoms. The van der Waals surface area contributed by atoms with Crippen LogP contribution in [0.2, 0.25) is 5.02 Å². The molecule has 0 radical (unpaired) electrons. The molecule has 0 bridgehead atoms. The van der Waals surface area contributed by atoms with Crippen molar-refractivity contribution in [1.29, 1.82) is 0 Å². The molecule has 7 rings (SSSR count). The Morgan fingerprint density at radius 1 is 1.15 bits per heavy atom. The number of pyridine rings is 1. The molecule has 1 saturated carbocycles. The Morgan fingerprint density at radius 3 is 2.73 bits per heavy atom. The van der Waals surface area contributed by atoms with Crippen molar-refractivity contribution in [3.05, 3.63) is 87.7 Å². The van der Waals surface area contributed by atoms with Gasteiger partial charge in [-0.1, -0.05) is 49.7 Å². The Morgan fingerprint density at radius 2 is 1.96 bits per heavy atom. The van der Waals surface area contributed by atoms with Crippen molar-refractivity contribution in [3.8, 4) is 5.75 Å². The number of carboxylic acids is 1. The number of aromatic nitrogens is 1. The van der Waals surface area contributed by atoms with Crippen LogP contribution in [0.25, 0.3) is 0 Å². The van der Waals surface area contributed by atoms with Crippen LogP contribution in [0.3, 0.4) is 0 Å². The molecule has 4 aliphatic rings. The van der Waals surface area contributed by atoms with Gasteiger partial charge in [-0.05, 0) is 122 Å². The van der Waals surface area contributed by atoms with Gasteiger partial charge in [-0.3, -0.25) is 9.88 Å². The number of carbonyl (C=O) groups is 1. The smallest absolute Gasteiger partial charge is 0.329 e. The summed E-state index contributed by atoms with van der Waals surface area (Å²) in [4.78, 5) is 20.1. The number of rotatable bonds is 10.